The summed E-state index contributed by atoms with van der Waals surface area (Å²) in [4.78, 5) is 16.6. The van der Waals surface area contributed by atoms with Crippen LogP contribution in [0.5, 0.6) is 0 Å². The van der Waals surface area contributed by atoms with E-state index >= 15 is 0 Å². The van der Waals surface area contributed by atoms with Gasteiger partial charge in [-0.25, -0.2) is 18.5 Å². The molecule has 1 aliphatic heterocycles. The smallest absolute Gasteiger partial charge is 0.257 e. The molecule has 1 aromatic heterocycles. The van der Waals surface area contributed by atoms with Crippen LogP contribution in [0.25, 0.3) is 15.8 Å². The van der Waals surface area contributed by atoms with E-state index in [0.29, 0.717) is 11.1 Å². The summed E-state index contributed by atoms with van der Waals surface area (Å²) in [5.41, 5.74) is 6.07. The molecule has 132 valence electrons. The van der Waals surface area contributed by atoms with E-state index < -0.39 is 10.0 Å². The standard InChI is InChI=1S/C17H14N4O3S2/c18-26(23,24)8-10-1-3-11(4-2-10)19-7-12-15-13(21-17(12)22)5-6-14-16(15)25-9-20-14/h1-7,9,19H,8H2,(H,21,22)(H2,18,23,24)/b12-7-. The molecule has 0 fully saturated rings. The van der Waals surface area contributed by atoms with E-state index in [1.165, 1.54) is 11.3 Å². The Labute approximate surface area is 153 Å². The summed E-state index contributed by atoms with van der Waals surface area (Å²) in [7, 11) is -3.56. The van der Waals surface area contributed by atoms with Crippen molar-refractivity contribution >= 4 is 54.4 Å². The number of carbonyl (C=O) groups excluding carboxylic acids is 1. The number of amides is 1. The van der Waals surface area contributed by atoms with Gasteiger partial charge in [0.05, 0.1) is 32.7 Å². The summed E-state index contributed by atoms with van der Waals surface area (Å²) in [5.74, 6) is -0.396. The van der Waals surface area contributed by atoms with E-state index in [1.54, 1.807) is 36.0 Å². The van der Waals surface area contributed by atoms with Crippen LogP contribution in [0.15, 0.2) is 48.1 Å². The van der Waals surface area contributed by atoms with Gasteiger partial charge < -0.3 is 10.6 Å². The maximum atomic E-state index is 12.3. The molecule has 0 saturated carbocycles. The van der Waals surface area contributed by atoms with Gasteiger partial charge in [0, 0.05) is 17.5 Å². The lowest BCUT2D eigenvalue weighted by molar-refractivity contribution is -0.110. The maximum Gasteiger partial charge on any atom is 0.257 e. The topological polar surface area (TPSA) is 114 Å². The highest BCUT2D eigenvalue weighted by Crippen LogP contribution is 2.39. The van der Waals surface area contributed by atoms with E-state index in [4.69, 9.17) is 5.14 Å². The van der Waals surface area contributed by atoms with Gasteiger partial charge in [0.2, 0.25) is 10.0 Å². The molecule has 2 heterocycles. The predicted molar refractivity (Wildman–Crippen MR) is 103 cm³/mol. The highest BCUT2D eigenvalue weighted by molar-refractivity contribution is 7.88. The van der Waals surface area contributed by atoms with Crippen LogP contribution < -0.4 is 15.8 Å². The van der Waals surface area contributed by atoms with Crippen molar-refractivity contribution in [2.24, 2.45) is 5.14 Å². The summed E-state index contributed by atoms with van der Waals surface area (Å²) in [6.45, 7) is 0. The second-order valence-electron chi connectivity index (χ2n) is 5.85. The van der Waals surface area contributed by atoms with Crippen molar-refractivity contribution in [1.29, 1.82) is 0 Å². The van der Waals surface area contributed by atoms with Gasteiger partial charge in [-0.15, -0.1) is 11.3 Å². The highest BCUT2D eigenvalue weighted by Gasteiger charge is 2.27. The second-order valence-corrected chi connectivity index (χ2v) is 8.32. The third kappa shape index (κ3) is 3.19. The van der Waals surface area contributed by atoms with Crippen LogP contribution in [0.4, 0.5) is 11.4 Å². The molecule has 0 unspecified atom stereocenters. The average Bonchev–Trinajstić information content (AvgIpc) is 3.16. The SMILES string of the molecule is NS(=O)(=O)Cc1ccc(N/C=C2\C(=O)Nc3ccc4ncsc4c32)cc1. The Balaban J connectivity index is 1.62. The minimum Gasteiger partial charge on any atom is -0.361 e. The largest absolute Gasteiger partial charge is 0.361 e. The number of sulfonamides is 1. The maximum absolute atomic E-state index is 12.3. The fraction of sp³-hybridized carbons (Fsp3) is 0.0588. The Morgan fingerprint density at radius 1 is 1.19 bits per heavy atom. The molecular weight excluding hydrogens is 372 g/mol. The zero-order chi connectivity index (χ0) is 18.3. The third-order valence-corrected chi connectivity index (χ3v) is 5.56. The molecule has 4 N–H and O–H groups in total. The lowest BCUT2D eigenvalue weighted by Gasteiger charge is -2.05. The molecule has 4 rings (SSSR count). The van der Waals surface area contributed by atoms with Crippen LogP contribution in [-0.4, -0.2) is 19.3 Å². The van der Waals surface area contributed by atoms with Crippen LogP contribution in [0.2, 0.25) is 0 Å². The van der Waals surface area contributed by atoms with Gasteiger partial charge in [-0.2, -0.15) is 0 Å². The lowest BCUT2D eigenvalue weighted by Crippen LogP contribution is -2.14. The normalized spacial score (nSPS) is 15.3. The van der Waals surface area contributed by atoms with Crippen molar-refractivity contribution in [1.82, 2.24) is 4.98 Å². The molecule has 7 nitrogen and oxygen atoms in total. The monoisotopic (exact) mass is 386 g/mol. The number of aromatic nitrogens is 1. The number of thiazole rings is 1. The second kappa shape index (κ2) is 6.20. The number of anilines is 2. The minimum absolute atomic E-state index is 0.181. The molecule has 0 saturated heterocycles. The van der Waals surface area contributed by atoms with Crippen LogP contribution in [0, 0.1) is 0 Å². The molecule has 0 bridgehead atoms. The average molecular weight is 386 g/mol. The number of primary sulfonamides is 1. The summed E-state index contributed by atoms with van der Waals surface area (Å²) >= 11 is 1.49. The number of nitrogens with two attached hydrogens (primary N) is 1. The molecule has 1 aliphatic rings. The number of carbonyl (C=O) groups is 1. The van der Waals surface area contributed by atoms with E-state index in [1.807, 2.05) is 12.1 Å². The number of fused-ring (bicyclic) bond motifs is 3. The van der Waals surface area contributed by atoms with Gasteiger partial charge >= 0.3 is 0 Å². The van der Waals surface area contributed by atoms with Crippen LogP contribution in [-0.2, 0) is 20.6 Å². The first-order chi connectivity index (χ1) is 12.4. The van der Waals surface area contributed by atoms with Crippen molar-refractivity contribution in [3.05, 3.63) is 59.2 Å². The van der Waals surface area contributed by atoms with Crippen molar-refractivity contribution < 1.29 is 13.2 Å². The molecule has 0 aliphatic carbocycles. The molecule has 0 atom stereocenters. The Bertz CT molecular complexity index is 1150. The van der Waals surface area contributed by atoms with Crippen molar-refractivity contribution in [2.45, 2.75) is 5.75 Å². The summed E-state index contributed by atoms with van der Waals surface area (Å²) in [6, 6.07) is 10.5. The third-order valence-electron chi connectivity index (χ3n) is 3.97. The summed E-state index contributed by atoms with van der Waals surface area (Å²) in [6.07, 6.45) is 1.65. The minimum atomic E-state index is -3.56. The van der Waals surface area contributed by atoms with Gasteiger partial charge in [-0.3, -0.25) is 4.79 Å². The zero-order valence-corrected chi connectivity index (χ0v) is 15.0. The molecular formula is C17H14N4O3S2. The number of hydrogen-bond donors (Lipinski definition) is 3. The van der Waals surface area contributed by atoms with Crippen LogP contribution >= 0.6 is 11.3 Å². The van der Waals surface area contributed by atoms with Gasteiger partial charge in [0.1, 0.15) is 0 Å². The summed E-state index contributed by atoms with van der Waals surface area (Å²) in [5, 5.41) is 11.0. The molecule has 0 spiro atoms. The Morgan fingerprint density at radius 2 is 1.96 bits per heavy atom. The molecule has 3 aromatic rings. The lowest BCUT2D eigenvalue weighted by atomic mass is 10.1. The number of hydrogen-bond acceptors (Lipinski definition) is 6. The fourth-order valence-corrected chi connectivity index (χ4v) is 4.33. The quantitative estimate of drug-likeness (QED) is 0.596. The number of benzene rings is 2. The van der Waals surface area contributed by atoms with E-state index in [2.05, 4.69) is 15.6 Å². The highest BCUT2D eigenvalue weighted by atomic mass is 32.2. The number of nitrogens with one attached hydrogen (secondary N) is 2. The fourth-order valence-electron chi connectivity index (χ4n) is 2.83. The Hall–Kier alpha value is -2.75. The van der Waals surface area contributed by atoms with E-state index in [-0.39, 0.29) is 11.7 Å². The Kier molecular flexibility index (Phi) is 3.98. The molecule has 1 amide bonds. The molecule has 0 radical (unpaired) electrons. The number of nitrogens with zero attached hydrogens (tertiary/aromatic N) is 1. The molecule has 9 heteroatoms. The van der Waals surface area contributed by atoms with Crippen LogP contribution in [0.1, 0.15) is 11.1 Å². The zero-order valence-electron chi connectivity index (χ0n) is 13.4. The van der Waals surface area contributed by atoms with Gasteiger partial charge in [0.25, 0.3) is 5.91 Å². The van der Waals surface area contributed by atoms with E-state index in [9.17, 15) is 13.2 Å². The van der Waals surface area contributed by atoms with Crippen LogP contribution in [0.3, 0.4) is 0 Å². The van der Waals surface area contributed by atoms with Gasteiger partial charge in [-0.05, 0) is 29.8 Å². The first-order valence-corrected chi connectivity index (χ1v) is 10.2. The van der Waals surface area contributed by atoms with Crippen molar-refractivity contribution in [3.8, 4) is 0 Å². The van der Waals surface area contributed by atoms with Crippen molar-refractivity contribution in [2.75, 3.05) is 10.6 Å². The number of rotatable bonds is 4. The molecule has 2 aromatic carbocycles. The van der Waals surface area contributed by atoms with Gasteiger partial charge in [0.15, 0.2) is 0 Å². The van der Waals surface area contributed by atoms with E-state index in [0.717, 1.165) is 27.2 Å². The Morgan fingerprint density at radius 3 is 2.69 bits per heavy atom. The predicted octanol–water partition coefficient (Wildman–Crippen LogP) is 2.49. The summed E-state index contributed by atoms with van der Waals surface area (Å²) < 4.78 is 23.2. The van der Waals surface area contributed by atoms with Gasteiger partial charge in [-0.1, -0.05) is 12.1 Å². The first-order valence-electron chi connectivity index (χ1n) is 7.65. The van der Waals surface area contributed by atoms with Crippen molar-refractivity contribution in [3.63, 3.8) is 0 Å². The molecule has 26 heavy (non-hydrogen) atoms. The first kappa shape index (κ1) is 16.7.